The first kappa shape index (κ1) is 17.9. The number of nitrogens with one attached hydrogen (secondary N) is 2. The number of carbonyl (C=O) groups excluding carboxylic acids is 3. The van der Waals surface area contributed by atoms with Crippen molar-refractivity contribution in [2.75, 3.05) is 11.9 Å². The van der Waals surface area contributed by atoms with Crippen LogP contribution in [-0.4, -0.2) is 30.3 Å². The van der Waals surface area contributed by atoms with E-state index >= 15 is 0 Å². The summed E-state index contributed by atoms with van der Waals surface area (Å²) < 4.78 is 0. The quantitative estimate of drug-likeness (QED) is 0.606. The first-order valence-corrected chi connectivity index (χ1v) is 7.02. The van der Waals surface area contributed by atoms with Crippen molar-refractivity contribution in [1.29, 1.82) is 0 Å². The van der Waals surface area contributed by atoms with E-state index in [1.54, 1.807) is 0 Å². The summed E-state index contributed by atoms with van der Waals surface area (Å²) in [6.07, 6.45) is 0. The summed E-state index contributed by atoms with van der Waals surface area (Å²) >= 11 is 5.87. The molecule has 0 radical (unpaired) electrons. The van der Waals surface area contributed by atoms with E-state index in [0.717, 1.165) is 0 Å². The normalized spacial score (nSPS) is 11.9. The van der Waals surface area contributed by atoms with Crippen LogP contribution in [0.15, 0.2) is 18.2 Å². The van der Waals surface area contributed by atoms with Gasteiger partial charge in [0.1, 0.15) is 0 Å². The maximum Gasteiger partial charge on any atom is 0.250 e. The average molecular weight is 327 g/mol. The largest absolute Gasteiger partial charge is 0.366 e. The molecule has 1 aromatic carbocycles. The van der Waals surface area contributed by atoms with Crippen LogP contribution < -0.4 is 22.1 Å². The number of amides is 3. The summed E-state index contributed by atoms with van der Waals surface area (Å²) in [4.78, 5) is 34.4. The van der Waals surface area contributed by atoms with Crippen LogP contribution in [0, 0.1) is 5.92 Å². The first-order valence-electron chi connectivity index (χ1n) is 6.65. The van der Waals surface area contributed by atoms with Crippen molar-refractivity contribution in [2.24, 2.45) is 17.4 Å². The minimum Gasteiger partial charge on any atom is -0.366 e. The standard InChI is InChI=1S/C14H19ClN4O3/c1-7(2)12(16)14(22)18-6-11(20)19-8-3-4-9(13(17)21)10(15)5-8/h3-5,7,12H,6,16H2,1-2H3,(H2,17,21)(H,18,22)(H,19,20)/t12-/m0/s1. The molecule has 3 amide bonds. The number of anilines is 1. The fourth-order valence-corrected chi connectivity index (χ4v) is 1.86. The number of hydrogen-bond acceptors (Lipinski definition) is 4. The van der Waals surface area contributed by atoms with Crippen LogP contribution in [0.2, 0.25) is 5.02 Å². The minimum atomic E-state index is -0.669. The molecule has 0 bridgehead atoms. The third-order valence-electron chi connectivity index (χ3n) is 2.96. The predicted octanol–water partition coefficient (Wildman–Crippen LogP) is 0.477. The molecule has 7 nitrogen and oxygen atoms in total. The van der Waals surface area contributed by atoms with E-state index in [4.69, 9.17) is 23.1 Å². The molecular formula is C14H19ClN4O3. The molecule has 0 unspecified atom stereocenters. The number of carbonyl (C=O) groups is 3. The van der Waals surface area contributed by atoms with E-state index in [9.17, 15) is 14.4 Å². The van der Waals surface area contributed by atoms with Gasteiger partial charge in [0.15, 0.2) is 0 Å². The van der Waals surface area contributed by atoms with Crippen molar-refractivity contribution in [2.45, 2.75) is 19.9 Å². The van der Waals surface area contributed by atoms with Gasteiger partial charge in [0.05, 0.1) is 23.2 Å². The van der Waals surface area contributed by atoms with Crippen molar-refractivity contribution < 1.29 is 14.4 Å². The summed E-state index contributed by atoms with van der Waals surface area (Å²) in [5.74, 6) is -1.51. The second-order valence-electron chi connectivity index (χ2n) is 5.09. The van der Waals surface area contributed by atoms with E-state index in [2.05, 4.69) is 10.6 Å². The Bertz CT molecular complexity index is 589. The van der Waals surface area contributed by atoms with Crippen molar-refractivity contribution in [1.82, 2.24) is 5.32 Å². The summed E-state index contributed by atoms with van der Waals surface area (Å²) in [6, 6.07) is 3.64. The molecule has 0 aliphatic rings. The minimum absolute atomic E-state index is 0.0248. The molecule has 1 rings (SSSR count). The van der Waals surface area contributed by atoms with Crippen LogP contribution in [0.5, 0.6) is 0 Å². The lowest BCUT2D eigenvalue weighted by atomic mass is 10.1. The molecule has 120 valence electrons. The zero-order valence-electron chi connectivity index (χ0n) is 12.4. The van der Waals surface area contributed by atoms with Crippen molar-refractivity contribution in [3.63, 3.8) is 0 Å². The van der Waals surface area contributed by atoms with E-state index in [0.29, 0.717) is 5.69 Å². The molecule has 1 aromatic rings. The van der Waals surface area contributed by atoms with E-state index in [1.165, 1.54) is 18.2 Å². The van der Waals surface area contributed by atoms with Crippen molar-refractivity contribution in [3.05, 3.63) is 28.8 Å². The Morgan fingerprint density at radius 1 is 1.27 bits per heavy atom. The molecule has 0 spiro atoms. The highest BCUT2D eigenvalue weighted by Crippen LogP contribution is 2.20. The van der Waals surface area contributed by atoms with Crippen LogP contribution >= 0.6 is 11.6 Å². The number of hydrogen-bond donors (Lipinski definition) is 4. The van der Waals surface area contributed by atoms with Gasteiger partial charge in [-0.3, -0.25) is 14.4 Å². The van der Waals surface area contributed by atoms with E-state index in [-0.39, 0.29) is 23.0 Å². The Kier molecular flexibility index (Phi) is 6.33. The lowest BCUT2D eigenvalue weighted by Crippen LogP contribution is -2.46. The average Bonchev–Trinajstić information content (AvgIpc) is 2.43. The highest BCUT2D eigenvalue weighted by atomic mass is 35.5. The summed E-state index contributed by atoms with van der Waals surface area (Å²) in [7, 11) is 0. The maximum atomic E-state index is 11.7. The highest BCUT2D eigenvalue weighted by molar-refractivity contribution is 6.34. The molecule has 8 heteroatoms. The van der Waals surface area contributed by atoms with Crippen LogP contribution in [-0.2, 0) is 9.59 Å². The smallest absolute Gasteiger partial charge is 0.250 e. The van der Waals surface area contributed by atoms with Gasteiger partial charge >= 0.3 is 0 Å². The van der Waals surface area contributed by atoms with Crippen LogP contribution in [0.4, 0.5) is 5.69 Å². The predicted molar refractivity (Wildman–Crippen MR) is 84.4 cm³/mol. The molecule has 0 aromatic heterocycles. The van der Waals surface area contributed by atoms with E-state index < -0.39 is 23.8 Å². The Morgan fingerprint density at radius 3 is 2.41 bits per heavy atom. The first-order chi connectivity index (χ1) is 10.2. The molecule has 0 saturated carbocycles. The fraction of sp³-hybridized carbons (Fsp3) is 0.357. The number of rotatable bonds is 6. The molecule has 0 aliphatic heterocycles. The zero-order valence-corrected chi connectivity index (χ0v) is 13.1. The van der Waals surface area contributed by atoms with Gasteiger partial charge in [-0.05, 0) is 24.1 Å². The fourth-order valence-electron chi connectivity index (χ4n) is 1.59. The molecule has 0 fully saturated rings. The molecule has 6 N–H and O–H groups in total. The maximum absolute atomic E-state index is 11.7. The molecule has 1 atom stereocenters. The van der Waals surface area contributed by atoms with E-state index in [1.807, 2.05) is 13.8 Å². The van der Waals surface area contributed by atoms with Crippen LogP contribution in [0.1, 0.15) is 24.2 Å². The van der Waals surface area contributed by atoms with Gasteiger partial charge in [0.2, 0.25) is 17.7 Å². The molecule has 0 heterocycles. The summed E-state index contributed by atoms with van der Waals surface area (Å²) in [6.45, 7) is 3.41. The number of nitrogens with two attached hydrogens (primary N) is 2. The number of halogens is 1. The van der Waals surface area contributed by atoms with Gasteiger partial charge in [-0.25, -0.2) is 0 Å². The van der Waals surface area contributed by atoms with Gasteiger partial charge in [0, 0.05) is 5.69 Å². The van der Waals surface area contributed by atoms with Crippen LogP contribution in [0.3, 0.4) is 0 Å². The summed E-state index contributed by atoms with van der Waals surface area (Å²) in [5.41, 5.74) is 11.3. The third kappa shape index (κ3) is 5.01. The Balaban J connectivity index is 2.57. The molecule has 0 aliphatic carbocycles. The van der Waals surface area contributed by atoms with Gasteiger partial charge in [-0.15, -0.1) is 0 Å². The van der Waals surface area contributed by atoms with Gasteiger partial charge in [-0.2, -0.15) is 0 Å². The SMILES string of the molecule is CC(C)[C@H](N)C(=O)NCC(=O)Nc1ccc(C(N)=O)c(Cl)c1. The van der Waals surface area contributed by atoms with Crippen molar-refractivity contribution in [3.8, 4) is 0 Å². The second-order valence-corrected chi connectivity index (χ2v) is 5.50. The van der Waals surface area contributed by atoms with Gasteiger partial charge < -0.3 is 22.1 Å². The zero-order chi connectivity index (χ0) is 16.9. The molecule has 0 saturated heterocycles. The lowest BCUT2D eigenvalue weighted by Gasteiger charge is -2.15. The Morgan fingerprint density at radius 2 is 1.91 bits per heavy atom. The molecule has 22 heavy (non-hydrogen) atoms. The lowest BCUT2D eigenvalue weighted by molar-refractivity contribution is -0.125. The topological polar surface area (TPSA) is 127 Å². The Hall–Kier alpha value is -2.12. The van der Waals surface area contributed by atoms with Crippen molar-refractivity contribution >= 4 is 35.0 Å². The van der Waals surface area contributed by atoms with Gasteiger partial charge in [-0.1, -0.05) is 25.4 Å². The summed E-state index contributed by atoms with van der Waals surface area (Å²) in [5, 5.41) is 5.12. The van der Waals surface area contributed by atoms with Gasteiger partial charge in [0.25, 0.3) is 0 Å². The number of benzene rings is 1. The Labute approximate surface area is 133 Å². The van der Waals surface area contributed by atoms with Crippen LogP contribution in [0.25, 0.3) is 0 Å². The highest BCUT2D eigenvalue weighted by Gasteiger charge is 2.17. The third-order valence-corrected chi connectivity index (χ3v) is 3.28. The monoisotopic (exact) mass is 326 g/mol. The number of primary amides is 1. The second kappa shape index (κ2) is 7.77. The molecular weight excluding hydrogens is 308 g/mol.